The van der Waals surface area contributed by atoms with E-state index in [0.717, 1.165) is 6.42 Å². The van der Waals surface area contributed by atoms with Gasteiger partial charge < -0.3 is 42.1 Å². The monoisotopic (exact) mass is 279 g/mol. The Labute approximate surface area is 112 Å². The van der Waals surface area contributed by atoms with Crippen LogP contribution in [-0.2, 0) is 18.6 Å². The number of allylic oxidation sites excluding steroid dienone is 4. The molecule has 0 spiro atoms. The van der Waals surface area contributed by atoms with E-state index in [0.29, 0.717) is 0 Å². The maximum absolute atomic E-state index is 3.47. The average molecular weight is 281 g/mol. The fraction of sp³-hybridized carbons (Fsp3) is 0.375. The summed E-state index contributed by atoms with van der Waals surface area (Å²) in [5, 5.41) is 0. The van der Waals surface area contributed by atoms with Gasteiger partial charge in [-0.25, -0.2) is 12.2 Å². The molecule has 0 atom stereocenters. The Morgan fingerprint density at radius 1 is 1.23 bits per heavy atom. The molecule has 0 aromatic carbocycles. The van der Waals surface area contributed by atoms with E-state index in [1.807, 2.05) is 26.2 Å². The molecular formula is C8H13Cl3NV-5. The number of rotatable bonds is 0. The maximum atomic E-state index is 3.47. The standard InChI is InChI=1S/C5H5.C3H8N.3ClH.V/c1-2-4-5-3-1;1-4(2)3;;;;/h1-3H,4H2;1H2,2-3H3;3*1H;/q2*-1;;;;/p-3. The van der Waals surface area contributed by atoms with E-state index in [4.69, 9.17) is 0 Å². The molecule has 1 aliphatic rings. The van der Waals surface area contributed by atoms with E-state index in [9.17, 15) is 0 Å². The molecule has 0 amide bonds. The van der Waals surface area contributed by atoms with Crippen molar-refractivity contribution in [2.75, 3.05) is 14.1 Å². The summed E-state index contributed by atoms with van der Waals surface area (Å²) in [6.07, 6.45) is 10.0. The first-order chi connectivity index (χ1) is 4.23. The van der Waals surface area contributed by atoms with Crippen LogP contribution in [0.25, 0.3) is 0 Å². The molecule has 1 rings (SSSR count). The minimum absolute atomic E-state index is 0. The van der Waals surface area contributed by atoms with Crippen LogP contribution in [0.3, 0.4) is 0 Å². The normalized spacial score (nSPS) is 9.54. The third-order valence-corrected chi connectivity index (χ3v) is 0.586. The maximum Gasteiger partial charge on any atom is 0 e. The Hall–Kier alpha value is 0.894. The molecule has 0 bridgehead atoms. The fourth-order valence-corrected chi connectivity index (χ4v) is 0.340. The topological polar surface area (TPSA) is 3.24 Å². The Balaban J connectivity index is -0.0000000256. The van der Waals surface area contributed by atoms with Gasteiger partial charge in [0.2, 0.25) is 0 Å². The second-order valence-corrected chi connectivity index (χ2v) is 2.08. The third kappa shape index (κ3) is 44.0. The molecule has 0 heterocycles. The van der Waals surface area contributed by atoms with Gasteiger partial charge in [-0.15, -0.1) is 6.42 Å². The van der Waals surface area contributed by atoms with Crippen LogP contribution >= 0.6 is 0 Å². The molecule has 0 unspecified atom stereocenters. The van der Waals surface area contributed by atoms with Gasteiger partial charge in [0, 0.05) is 18.6 Å². The summed E-state index contributed by atoms with van der Waals surface area (Å²) in [6.45, 7) is 0. The van der Waals surface area contributed by atoms with Gasteiger partial charge in [-0.3, -0.25) is 13.1 Å². The summed E-state index contributed by atoms with van der Waals surface area (Å²) in [6, 6.07) is 0. The number of halogens is 3. The second-order valence-electron chi connectivity index (χ2n) is 2.08. The van der Waals surface area contributed by atoms with Crippen molar-refractivity contribution in [2.45, 2.75) is 6.42 Å². The average Bonchev–Trinajstić information content (AvgIpc) is 2.11. The van der Waals surface area contributed by atoms with Gasteiger partial charge in [-0.2, -0.15) is 6.08 Å². The quantitative estimate of drug-likeness (QED) is 0.399. The van der Waals surface area contributed by atoms with Gasteiger partial charge in [0.05, 0.1) is 0 Å². The van der Waals surface area contributed by atoms with Crippen molar-refractivity contribution in [3.63, 3.8) is 0 Å². The van der Waals surface area contributed by atoms with Crippen LogP contribution in [0, 0.1) is 13.1 Å². The number of hydrogen-bond acceptors (Lipinski definition) is 1. The number of nitrogens with zero attached hydrogens (tertiary/aromatic N) is 1. The molecule has 1 aliphatic carbocycles. The first-order valence-electron chi connectivity index (χ1n) is 2.93. The van der Waals surface area contributed by atoms with Crippen LogP contribution in [0.1, 0.15) is 6.42 Å². The van der Waals surface area contributed by atoms with Crippen molar-refractivity contribution in [2.24, 2.45) is 0 Å². The van der Waals surface area contributed by atoms with Crippen molar-refractivity contribution in [3.05, 3.63) is 31.4 Å². The van der Waals surface area contributed by atoms with Gasteiger partial charge in [0.15, 0.2) is 0 Å². The summed E-state index contributed by atoms with van der Waals surface area (Å²) < 4.78 is 0. The van der Waals surface area contributed by atoms with Gasteiger partial charge in [-0.1, -0.05) is 0 Å². The summed E-state index contributed by atoms with van der Waals surface area (Å²) in [4.78, 5) is 1.75. The van der Waals surface area contributed by atoms with Crippen molar-refractivity contribution in [1.82, 2.24) is 4.90 Å². The molecule has 0 N–H and O–H groups in total. The van der Waals surface area contributed by atoms with E-state index in [1.165, 1.54) is 0 Å². The summed E-state index contributed by atoms with van der Waals surface area (Å²) >= 11 is 0. The van der Waals surface area contributed by atoms with Crippen molar-refractivity contribution in [1.29, 1.82) is 0 Å². The van der Waals surface area contributed by atoms with Crippen LogP contribution in [0.5, 0.6) is 0 Å². The SMILES string of the molecule is [C-]1=CC=CC1.[CH2-]N(C)C.[Cl-].[Cl-].[Cl-].[V]. The van der Waals surface area contributed by atoms with Crippen LogP contribution < -0.4 is 37.2 Å². The molecule has 1 radical (unpaired) electrons. The van der Waals surface area contributed by atoms with Crippen LogP contribution in [0.2, 0.25) is 0 Å². The Kier molecular flexibility index (Phi) is 51.8. The third-order valence-electron chi connectivity index (χ3n) is 0.586. The molecular weight excluding hydrogens is 267 g/mol. The largest absolute Gasteiger partial charge is 1.00 e. The van der Waals surface area contributed by atoms with Gasteiger partial charge in [0.25, 0.3) is 0 Å². The van der Waals surface area contributed by atoms with E-state index in [-0.39, 0.29) is 55.8 Å². The molecule has 81 valence electrons. The molecule has 0 aromatic rings. The molecule has 0 aliphatic heterocycles. The number of hydrogen-bond donors (Lipinski definition) is 0. The molecule has 5 heteroatoms. The van der Waals surface area contributed by atoms with Gasteiger partial charge in [0.1, 0.15) is 0 Å². The van der Waals surface area contributed by atoms with Crippen molar-refractivity contribution in [3.8, 4) is 0 Å². The van der Waals surface area contributed by atoms with Gasteiger partial charge in [-0.05, 0) is 14.1 Å². The fourth-order valence-electron chi connectivity index (χ4n) is 0.340. The predicted molar refractivity (Wildman–Crippen MR) is 40.6 cm³/mol. The van der Waals surface area contributed by atoms with E-state index < -0.39 is 0 Å². The minimum atomic E-state index is 0. The van der Waals surface area contributed by atoms with E-state index in [1.54, 1.807) is 4.90 Å². The zero-order valence-electron chi connectivity index (χ0n) is 7.67. The summed E-state index contributed by atoms with van der Waals surface area (Å²) in [5.74, 6) is 0. The predicted octanol–water partition coefficient (Wildman–Crippen LogP) is -7.35. The van der Waals surface area contributed by atoms with Gasteiger partial charge >= 0.3 is 0 Å². The Bertz CT molecular complexity index is 103. The van der Waals surface area contributed by atoms with Crippen molar-refractivity contribution >= 4 is 0 Å². The minimum Gasteiger partial charge on any atom is -1.00 e. The van der Waals surface area contributed by atoms with Crippen LogP contribution in [-0.4, -0.2) is 19.0 Å². The molecule has 0 fully saturated rings. The van der Waals surface area contributed by atoms with E-state index in [2.05, 4.69) is 19.2 Å². The molecule has 0 saturated heterocycles. The van der Waals surface area contributed by atoms with E-state index >= 15 is 0 Å². The first kappa shape index (κ1) is 29.2. The first-order valence-corrected chi connectivity index (χ1v) is 2.93. The molecule has 13 heavy (non-hydrogen) atoms. The molecule has 1 nitrogen and oxygen atoms in total. The zero-order chi connectivity index (χ0) is 7.11. The summed E-state index contributed by atoms with van der Waals surface area (Å²) in [5.41, 5.74) is 0. The smallest absolute Gasteiger partial charge is 0 e. The Morgan fingerprint density at radius 2 is 1.62 bits per heavy atom. The molecule has 0 aromatic heterocycles. The Morgan fingerprint density at radius 3 is 1.69 bits per heavy atom. The van der Waals surface area contributed by atoms with Crippen LogP contribution in [0.15, 0.2) is 18.2 Å². The van der Waals surface area contributed by atoms with Crippen molar-refractivity contribution < 1.29 is 55.8 Å². The zero-order valence-corrected chi connectivity index (χ0v) is 11.3. The summed E-state index contributed by atoms with van der Waals surface area (Å²) in [7, 11) is 7.25. The second kappa shape index (κ2) is 23.1. The van der Waals surface area contributed by atoms with Crippen LogP contribution in [0.4, 0.5) is 0 Å². The molecule has 0 saturated carbocycles.